The number of nitrogens with two attached hydrogens (primary N) is 2. The Morgan fingerprint density at radius 1 is 0.759 bits per heavy atom. The lowest BCUT2D eigenvalue weighted by atomic mass is 9.83. The number of esters is 2. The van der Waals surface area contributed by atoms with Gasteiger partial charge in [0.1, 0.15) is 11.2 Å². The van der Waals surface area contributed by atoms with Gasteiger partial charge in [-0.05, 0) is 27.7 Å². The molecule has 7 heteroatoms. The van der Waals surface area contributed by atoms with Crippen LogP contribution in [0.1, 0.15) is 66.2 Å². The van der Waals surface area contributed by atoms with E-state index in [0.29, 0.717) is 36.2 Å². The third-order valence-electron chi connectivity index (χ3n) is 6.50. The Hall–Kier alpha value is -0.790. The summed E-state index contributed by atoms with van der Waals surface area (Å²) in [6.45, 7) is 12.6. The van der Waals surface area contributed by atoms with E-state index in [4.69, 9.17) is 9.47 Å². The molecule has 0 unspecified atom stereocenters. The van der Waals surface area contributed by atoms with E-state index in [1.54, 1.807) is 11.8 Å². The van der Waals surface area contributed by atoms with E-state index in [2.05, 4.69) is 10.6 Å². The molecule has 2 saturated heterocycles. The highest BCUT2D eigenvalue weighted by Crippen LogP contribution is 2.29. The second-order valence-electron chi connectivity index (χ2n) is 9.55. The van der Waals surface area contributed by atoms with Crippen LogP contribution in [0.4, 0.5) is 0 Å². The van der Waals surface area contributed by atoms with Gasteiger partial charge in [-0.1, -0.05) is 0 Å². The molecule has 0 atom stereocenters. The van der Waals surface area contributed by atoms with Gasteiger partial charge in [0.15, 0.2) is 0 Å². The minimum Gasteiger partial charge on any atom is -0.459 e. The second-order valence-corrected chi connectivity index (χ2v) is 10.8. The fourth-order valence-electron chi connectivity index (χ4n) is 4.51. The standard InChI is InChI=1S/C22H40N2O4S/c1-21(2,17-5-11-23-12-6-17)27-19(25)9-15-29-16-10-20(26)28-22(3,4)18-7-13-24-14-8-18/h17-18,23-24H,5-16H2,1-4H3/p+2. The smallest absolute Gasteiger partial charge is 0.307 e. The van der Waals surface area contributed by atoms with Gasteiger partial charge in [0, 0.05) is 49.0 Å². The molecule has 0 aromatic rings. The molecule has 29 heavy (non-hydrogen) atoms. The van der Waals surface area contributed by atoms with Crippen LogP contribution in [0.5, 0.6) is 0 Å². The van der Waals surface area contributed by atoms with Crippen LogP contribution in [0.2, 0.25) is 0 Å². The average Bonchev–Trinajstić information content (AvgIpc) is 2.68. The first-order chi connectivity index (χ1) is 13.7. The summed E-state index contributed by atoms with van der Waals surface area (Å²) in [7, 11) is 0. The van der Waals surface area contributed by atoms with E-state index in [-0.39, 0.29) is 23.1 Å². The summed E-state index contributed by atoms with van der Waals surface area (Å²) in [5.41, 5.74) is -0.773. The zero-order valence-electron chi connectivity index (χ0n) is 18.8. The number of hydrogen-bond donors (Lipinski definition) is 2. The molecule has 2 fully saturated rings. The molecular formula is C22H42N2O4S+2. The fraction of sp³-hybridized carbons (Fsp3) is 0.909. The number of carbonyl (C=O) groups is 2. The number of hydrogen-bond acceptors (Lipinski definition) is 5. The van der Waals surface area contributed by atoms with Crippen molar-refractivity contribution in [2.75, 3.05) is 37.7 Å². The quantitative estimate of drug-likeness (QED) is 0.400. The number of carbonyl (C=O) groups excluding carboxylic acids is 2. The molecule has 0 amide bonds. The molecule has 0 bridgehead atoms. The maximum absolute atomic E-state index is 12.2. The Labute approximate surface area is 180 Å². The molecule has 0 saturated carbocycles. The molecule has 168 valence electrons. The summed E-state index contributed by atoms with van der Waals surface area (Å²) in [6, 6.07) is 0. The Kier molecular flexibility index (Phi) is 9.76. The van der Waals surface area contributed by atoms with Crippen molar-refractivity contribution in [3.05, 3.63) is 0 Å². The molecule has 0 radical (unpaired) electrons. The second kappa shape index (κ2) is 11.6. The van der Waals surface area contributed by atoms with Crippen molar-refractivity contribution in [1.82, 2.24) is 0 Å². The minimum absolute atomic E-state index is 0.130. The van der Waals surface area contributed by atoms with E-state index < -0.39 is 0 Å². The molecular weight excluding hydrogens is 388 g/mol. The largest absolute Gasteiger partial charge is 0.459 e. The number of piperidine rings is 2. The average molecular weight is 431 g/mol. The predicted molar refractivity (Wildman–Crippen MR) is 116 cm³/mol. The summed E-state index contributed by atoms with van der Waals surface area (Å²) < 4.78 is 11.6. The van der Waals surface area contributed by atoms with Gasteiger partial charge in [0.25, 0.3) is 0 Å². The molecule has 0 aromatic carbocycles. The molecule has 2 aliphatic heterocycles. The van der Waals surface area contributed by atoms with Crippen molar-refractivity contribution in [1.29, 1.82) is 0 Å². The Morgan fingerprint density at radius 3 is 1.45 bits per heavy atom. The Morgan fingerprint density at radius 2 is 1.10 bits per heavy atom. The lowest BCUT2D eigenvalue weighted by molar-refractivity contribution is -0.666. The van der Waals surface area contributed by atoms with E-state index in [1.165, 1.54) is 0 Å². The SMILES string of the molecule is CC(C)(OC(=O)CCSCCC(=O)OC(C)(C)C1CC[NH2+]CC1)C1CC[NH2+]CC1. The monoisotopic (exact) mass is 430 g/mol. The van der Waals surface area contributed by atoms with Crippen LogP contribution in [-0.4, -0.2) is 60.8 Å². The fourth-order valence-corrected chi connectivity index (χ4v) is 5.34. The lowest BCUT2D eigenvalue weighted by Crippen LogP contribution is -2.86. The zero-order valence-corrected chi connectivity index (χ0v) is 19.7. The number of quaternary nitrogens is 2. The third kappa shape index (κ3) is 8.46. The lowest BCUT2D eigenvalue weighted by Gasteiger charge is -2.35. The van der Waals surface area contributed by atoms with Crippen LogP contribution in [-0.2, 0) is 19.1 Å². The highest BCUT2D eigenvalue weighted by Gasteiger charge is 2.36. The molecule has 2 heterocycles. The summed E-state index contributed by atoms with van der Waals surface area (Å²) in [5, 5.41) is 4.65. The molecule has 2 aliphatic rings. The predicted octanol–water partition coefficient (Wildman–Crippen LogP) is 1.09. The topological polar surface area (TPSA) is 85.8 Å². The molecule has 0 spiro atoms. The number of rotatable bonds is 10. The Bertz CT molecular complexity index is 481. The van der Waals surface area contributed by atoms with Gasteiger partial charge < -0.3 is 20.1 Å². The van der Waals surface area contributed by atoms with Gasteiger partial charge in [-0.25, -0.2) is 0 Å². The van der Waals surface area contributed by atoms with Crippen LogP contribution in [0.15, 0.2) is 0 Å². The first-order valence-corrected chi connectivity index (χ1v) is 12.5. The van der Waals surface area contributed by atoms with E-state index >= 15 is 0 Å². The van der Waals surface area contributed by atoms with Crippen molar-refractivity contribution in [2.45, 2.75) is 77.4 Å². The molecule has 4 N–H and O–H groups in total. The van der Waals surface area contributed by atoms with E-state index in [0.717, 1.165) is 51.9 Å². The van der Waals surface area contributed by atoms with Gasteiger partial charge in [-0.2, -0.15) is 11.8 Å². The first-order valence-electron chi connectivity index (χ1n) is 11.4. The summed E-state index contributed by atoms with van der Waals surface area (Å²) in [4.78, 5) is 24.4. The van der Waals surface area contributed by atoms with Gasteiger partial charge in [-0.15, -0.1) is 0 Å². The highest BCUT2D eigenvalue weighted by molar-refractivity contribution is 7.99. The maximum atomic E-state index is 12.2. The zero-order chi connectivity index (χ0) is 21.3. The van der Waals surface area contributed by atoms with Crippen LogP contribution in [0.3, 0.4) is 0 Å². The normalized spacial score (nSPS) is 19.7. The maximum Gasteiger partial charge on any atom is 0.307 e. The van der Waals surface area contributed by atoms with Crippen LogP contribution >= 0.6 is 11.8 Å². The Balaban J connectivity index is 1.58. The number of ether oxygens (including phenoxy) is 2. The molecule has 2 rings (SSSR count). The van der Waals surface area contributed by atoms with Crippen LogP contribution in [0.25, 0.3) is 0 Å². The van der Waals surface area contributed by atoms with E-state index in [1.807, 2.05) is 27.7 Å². The van der Waals surface area contributed by atoms with Crippen LogP contribution < -0.4 is 10.6 Å². The number of thioether (sulfide) groups is 1. The van der Waals surface area contributed by atoms with Crippen LogP contribution in [0, 0.1) is 11.8 Å². The van der Waals surface area contributed by atoms with Crippen molar-refractivity contribution < 1.29 is 29.7 Å². The summed E-state index contributed by atoms with van der Waals surface area (Å²) in [6.07, 6.45) is 5.20. The molecule has 0 aliphatic carbocycles. The van der Waals surface area contributed by atoms with Gasteiger partial charge in [0.05, 0.1) is 39.0 Å². The molecule has 6 nitrogen and oxygen atoms in total. The van der Waals surface area contributed by atoms with Crippen molar-refractivity contribution in [3.63, 3.8) is 0 Å². The van der Waals surface area contributed by atoms with Crippen molar-refractivity contribution >= 4 is 23.7 Å². The van der Waals surface area contributed by atoms with Crippen molar-refractivity contribution in [2.24, 2.45) is 11.8 Å². The summed E-state index contributed by atoms with van der Waals surface area (Å²) in [5.74, 6) is 2.00. The van der Waals surface area contributed by atoms with Gasteiger partial charge >= 0.3 is 11.9 Å². The minimum atomic E-state index is -0.387. The third-order valence-corrected chi connectivity index (χ3v) is 7.48. The molecule has 0 aromatic heterocycles. The van der Waals surface area contributed by atoms with Gasteiger partial charge in [-0.3, -0.25) is 9.59 Å². The van der Waals surface area contributed by atoms with Crippen molar-refractivity contribution in [3.8, 4) is 0 Å². The van der Waals surface area contributed by atoms with E-state index in [9.17, 15) is 9.59 Å². The first kappa shape index (κ1) is 24.5. The highest BCUT2D eigenvalue weighted by atomic mass is 32.2. The van der Waals surface area contributed by atoms with Gasteiger partial charge in [0.2, 0.25) is 0 Å². The summed E-state index contributed by atoms with van der Waals surface area (Å²) >= 11 is 1.62.